The quantitative estimate of drug-likeness (QED) is 0.142. The van der Waals surface area contributed by atoms with Gasteiger partial charge in [0.25, 0.3) is 0 Å². The molecule has 0 N–H and O–H groups in total. The van der Waals surface area contributed by atoms with Gasteiger partial charge in [0.1, 0.15) is 0 Å². The van der Waals surface area contributed by atoms with E-state index in [1.165, 1.54) is 160 Å². The lowest BCUT2D eigenvalue weighted by molar-refractivity contribution is -0.0411. The van der Waals surface area contributed by atoms with Crippen LogP contribution in [0, 0.1) is 87.8 Å². The fourth-order valence-corrected chi connectivity index (χ4v) is 29.0. The molecule has 122 heavy (non-hydrogen) atoms. The van der Waals surface area contributed by atoms with E-state index in [9.17, 15) is 0 Å². The van der Waals surface area contributed by atoms with E-state index in [4.69, 9.17) is 0 Å². The van der Waals surface area contributed by atoms with Crippen LogP contribution in [0.4, 0.5) is 0 Å². The van der Waals surface area contributed by atoms with Crippen LogP contribution in [0.5, 0.6) is 0 Å². The van der Waals surface area contributed by atoms with Gasteiger partial charge in [0.2, 0.25) is 0 Å². The molecular weight excluding hydrogens is 1470 g/mol. The molecule has 10 aromatic rings. The highest BCUT2D eigenvalue weighted by Crippen LogP contribution is 2.61. The summed E-state index contributed by atoms with van der Waals surface area (Å²) < 4.78 is 0. The third-order valence-electron chi connectivity index (χ3n) is 36.2. The van der Waals surface area contributed by atoms with Gasteiger partial charge in [-0.2, -0.15) is 0 Å². The highest BCUT2D eigenvalue weighted by Gasteiger charge is 2.49. The molecule has 0 aromatic heterocycles. The zero-order valence-electron chi connectivity index (χ0n) is 76.9. The zero-order valence-corrected chi connectivity index (χ0v) is 76.9. The standard InChI is InChI=1S/C17H16.2C16H16.C15H14.C14H12.C11H18.2C9H16.C8H14.C7H12/c1-17-11-10-12(13-6-2-4-8-15(13)17)14-7-3-5-9-16(14)17;1-12-15-8-4-2-6-13(15)10-11-14-7-3-5-9-16(12)14;1-12-10-13-6-2-3-7-14(13)11-15-8-4-5-9-16(12)15;1-11-14-8-4-2-6-12(14)10-13-7-3-5-9-15(11)13;1-10-11-6-2-4-8-13(11)14-9-5-3-7-12(10)14;1-11-5-8-2-9(6-11)4-10(3-8)7-11;1-9-5-2-8(3-6-9)4-7-9;1-7-6-8-2-4-9(7)5-3-8;1-6-7-2-3-8(6)5-4-7;1-5-6-2-3-7(5)4-6/h2-9,12H,10-11H2,1H3;2*2-9,12H,10-11H2,1H3;2-9,11H,10H2,1H3;2-10H,1H3;8-10H,2-7H2,1H3;8H,2-7H2,1H3;7-9H,2-6H2,1H3;6-8H,2-5H2,1H3;5-7H,2-4H2,1H3. The predicted octanol–water partition coefficient (Wildman–Crippen LogP) is 33.2. The van der Waals surface area contributed by atoms with Gasteiger partial charge in [-0.15, -0.1) is 0 Å². The number of rotatable bonds is 0. The molecular formula is C122H150. The molecule has 0 saturated heterocycles. The molecule has 15 fully saturated rings. The van der Waals surface area contributed by atoms with Crippen molar-refractivity contribution in [1.29, 1.82) is 0 Å². The summed E-state index contributed by atoms with van der Waals surface area (Å²) in [7, 11) is 0. The van der Waals surface area contributed by atoms with Gasteiger partial charge in [-0.1, -0.05) is 325 Å². The van der Waals surface area contributed by atoms with E-state index in [0.29, 0.717) is 29.6 Å². The maximum absolute atomic E-state index is 2.54. The lowest BCUT2D eigenvalue weighted by Crippen LogP contribution is -2.44. The lowest BCUT2D eigenvalue weighted by Gasteiger charge is -2.55. The summed E-state index contributed by atoms with van der Waals surface area (Å²) in [4.78, 5) is 0. The van der Waals surface area contributed by atoms with Crippen molar-refractivity contribution < 1.29 is 0 Å². The van der Waals surface area contributed by atoms with Crippen LogP contribution in [0.3, 0.4) is 0 Å². The molecule has 0 amide bonds. The van der Waals surface area contributed by atoms with Crippen molar-refractivity contribution in [2.45, 2.75) is 303 Å². The molecule has 4 atom stereocenters. The minimum absolute atomic E-state index is 0.252. The van der Waals surface area contributed by atoms with E-state index in [0.717, 1.165) is 101 Å². The first-order valence-electron chi connectivity index (χ1n) is 50.2. The van der Waals surface area contributed by atoms with E-state index >= 15 is 0 Å². The first-order chi connectivity index (χ1) is 59.4. The third-order valence-corrected chi connectivity index (χ3v) is 36.2. The zero-order chi connectivity index (χ0) is 83.6. The van der Waals surface area contributed by atoms with Gasteiger partial charge in [0, 0.05) is 29.1 Å². The summed E-state index contributed by atoms with van der Waals surface area (Å²) in [6.45, 7) is 24.0. The molecule has 15 saturated carbocycles. The Morgan fingerprint density at radius 2 is 0.590 bits per heavy atom. The minimum Gasteiger partial charge on any atom is -0.0622 e. The Morgan fingerprint density at radius 3 is 0.967 bits per heavy atom. The molecule has 32 rings (SSSR count). The SMILES string of the molecule is CC12CC3CC(CC(C3)C1)C2.CC12CCC(CC1)CC2.CC12CCC(c3ccccc31)c1ccccc12.CC1C2CCC1C2.CC1C2CCC1CC2.CC1CC2CCC1CC2.CC1Cc2ccccc2Cc2ccccc21.CC1c2ccccc2-c2ccccc21.CC1c2ccccc2CCc2ccccc21.CC1c2ccccc2Cc2ccccc21. The monoisotopic (exact) mass is 1620 g/mol. The Morgan fingerprint density at radius 1 is 0.246 bits per heavy atom. The van der Waals surface area contributed by atoms with Crippen LogP contribution in [0.2, 0.25) is 0 Å². The minimum atomic E-state index is 0.252. The van der Waals surface area contributed by atoms with E-state index in [-0.39, 0.29) is 5.41 Å². The van der Waals surface area contributed by atoms with Gasteiger partial charge >= 0.3 is 0 Å². The van der Waals surface area contributed by atoms with Crippen LogP contribution in [-0.4, -0.2) is 0 Å². The molecule has 0 heteroatoms. The molecule has 10 aromatic carbocycles. The van der Waals surface area contributed by atoms with Crippen LogP contribution in [0.25, 0.3) is 11.1 Å². The Balaban J connectivity index is 0.0000000936. The van der Waals surface area contributed by atoms with Crippen LogP contribution in [0.1, 0.15) is 366 Å². The van der Waals surface area contributed by atoms with Crippen LogP contribution < -0.4 is 0 Å². The lowest BCUT2D eigenvalue weighted by atomic mass is 9.50. The van der Waals surface area contributed by atoms with Gasteiger partial charge in [0.05, 0.1) is 0 Å². The van der Waals surface area contributed by atoms with Crippen molar-refractivity contribution in [1.82, 2.24) is 0 Å². The third kappa shape index (κ3) is 18.3. The molecule has 0 radical (unpaired) electrons. The largest absolute Gasteiger partial charge is 0.0622 e. The predicted molar refractivity (Wildman–Crippen MR) is 518 cm³/mol. The van der Waals surface area contributed by atoms with Crippen LogP contribution in [-0.2, 0) is 37.5 Å². The fourth-order valence-electron chi connectivity index (χ4n) is 29.0. The first-order valence-corrected chi connectivity index (χ1v) is 50.2. The van der Waals surface area contributed by atoms with Crippen molar-refractivity contribution >= 4 is 0 Å². The first kappa shape index (κ1) is 85.0. The van der Waals surface area contributed by atoms with Gasteiger partial charge in [-0.3, -0.25) is 0 Å². The highest BCUT2D eigenvalue weighted by atomic mass is 14.5. The molecule has 14 bridgehead atoms. The molecule has 4 unspecified atom stereocenters. The maximum Gasteiger partial charge on any atom is 0.0181 e. The Kier molecular flexibility index (Phi) is 26.1. The van der Waals surface area contributed by atoms with Crippen molar-refractivity contribution in [3.8, 4) is 11.1 Å². The molecule has 638 valence electrons. The van der Waals surface area contributed by atoms with Crippen molar-refractivity contribution in [2.24, 2.45) is 87.8 Å². The number of fused-ring (bicyclic) bond motifs is 19. The Hall–Kier alpha value is -7.80. The Labute approximate surface area is 740 Å². The average molecular weight is 1620 g/mol. The van der Waals surface area contributed by atoms with E-state index in [1.807, 2.05) is 0 Å². The molecule has 0 spiro atoms. The fraction of sp³-hybridized carbons (Fsp3) is 0.508. The van der Waals surface area contributed by atoms with Gasteiger partial charge in [0.15, 0.2) is 0 Å². The Bertz CT molecular complexity index is 4880. The maximum atomic E-state index is 2.54. The van der Waals surface area contributed by atoms with E-state index in [1.54, 1.807) is 138 Å². The number of hydrogen-bond donors (Lipinski definition) is 0. The topological polar surface area (TPSA) is 0 Å². The van der Waals surface area contributed by atoms with E-state index < -0.39 is 0 Å². The van der Waals surface area contributed by atoms with Gasteiger partial charge in [-0.05, 0) is 391 Å². The number of benzene rings is 10. The summed E-state index contributed by atoms with van der Waals surface area (Å²) in [6.07, 6.45) is 45.6. The summed E-state index contributed by atoms with van der Waals surface area (Å²) in [6, 6.07) is 88.5. The highest BCUT2D eigenvalue weighted by molar-refractivity contribution is 5.78. The summed E-state index contributed by atoms with van der Waals surface area (Å²) in [5.74, 6) is 17.6. The van der Waals surface area contributed by atoms with Crippen molar-refractivity contribution in [3.05, 3.63) is 343 Å². The molecule has 0 nitrogen and oxygen atoms in total. The summed E-state index contributed by atoms with van der Waals surface area (Å²) in [5.41, 5.74) is 31.9. The van der Waals surface area contributed by atoms with Gasteiger partial charge < -0.3 is 0 Å². The normalized spacial score (nSPS) is 31.2. The summed E-state index contributed by atoms with van der Waals surface area (Å²) in [5, 5.41) is 0. The van der Waals surface area contributed by atoms with Crippen LogP contribution >= 0.6 is 0 Å². The molecule has 0 heterocycles. The second-order valence-electron chi connectivity index (χ2n) is 43.9. The van der Waals surface area contributed by atoms with E-state index in [2.05, 4.69) is 312 Å². The number of hydrogen-bond acceptors (Lipinski definition) is 0. The van der Waals surface area contributed by atoms with Crippen molar-refractivity contribution in [2.75, 3.05) is 0 Å². The second-order valence-corrected chi connectivity index (χ2v) is 43.9. The molecule has 0 aliphatic heterocycles. The van der Waals surface area contributed by atoms with Crippen LogP contribution in [0.15, 0.2) is 243 Å². The smallest absolute Gasteiger partial charge is 0.0181 e. The second kappa shape index (κ2) is 37.4. The molecule has 22 aliphatic rings. The molecule has 22 aliphatic carbocycles. The van der Waals surface area contributed by atoms with Gasteiger partial charge in [-0.25, -0.2) is 0 Å². The van der Waals surface area contributed by atoms with Crippen molar-refractivity contribution in [3.63, 3.8) is 0 Å². The number of aryl methyl sites for hydroxylation is 2. The summed E-state index contributed by atoms with van der Waals surface area (Å²) >= 11 is 0. The average Bonchev–Trinajstić information content (AvgIpc) is 0.825.